The van der Waals surface area contributed by atoms with Gasteiger partial charge in [-0.1, -0.05) is 30.3 Å². The summed E-state index contributed by atoms with van der Waals surface area (Å²) in [5, 5.41) is 7.56. The zero-order valence-corrected chi connectivity index (χ0v) is 14.1. The van der Waals surface area contributed by atoms with Crippen LogP contribution in [-0.2, 0) is 4.79 Å². The summed E-state index contributed by atoms with van der Waals surface area (Å²) in [5.74, 6) is -0.329. The average molecular weight is 340 g/mol. The van der Waals surface area contributed by atoms with E-state index < -0.39 is 6.04 Å². The summed E-state index contributed by atoms with van der Waals surface area (Å²) < 4.78 is 1.19. The Kier molecular flexibility index (Phi) is 4.52. The SMILES string of the molecule is Cc1cnc(NC(=O)C(C)n2nc(-c3ccccc3)ccc2=O)s1. The summed E-state index contributed by atoms with van der Waals surface area (Å²) in [5.41, 5.74) is 1.20. The van der Waals surface area contributed by atoms with E-state index >= 15 is 0 Å². The molecule has 0 fully saturated rings. The van der Waals surface area contributed by atoms with E-state index in [9.17, 15) is 9.59 Å². The lowest BCUT2D eigenvalue weighted by molar-refractivity contribution is -0.119. The summed E-state index contributed by atoms with van der Waals surface area (Å²) >= 11 is 1.38. The monoisotopic (exact) mass is 340 g/mol. The number of amides is 1. The largest absolute Gasteiger partial charge is 0.300 e. The second kappa shape index (κ2) is 6.76. The molecule has 6 nitrogen and oxygen atoms in total. The van der Waals surface area contributed by atoms with Crippen LogP contribution < -0.4 is 10.9 Å². The molecule has 24 heavy (non-hydrogen) atoms. The minimum absolute atomic E-state index is 0.326. The second-order valence-electron chi connectivity index (χ2n) is 5.31. The lowest BCUT2D eigenvalue weighted by Gasteiger charge is -2.14. The third kappa shape index (κ3) is 3.41. The molecule has 0 bridgehead atoms. The molecule has 0 aliphatic carbocycles. The van der Waals surface area contributed by atoms with Gasteiger partial charge in [0, 0.05) is 22.7 Å². The number of hydrogen-bond donors (Lipinski definition) is 1. The predicted octanol–water partition coefficient (Wildman–Crippen LogP) is 2.87. The molecule has 0 saturated carbocycles. The van der Waals surface area contributed by atoms with Gasteiger partial charge >= 0.3 is 0 Å². The summed E-state index contributed by atoms with van der Waals surface area (Å²) in [6.07, 6.45) is 1.69. The van der Waals surface area contributed by atoms with Crippen LogP contribution in [0.15, 0.2) is 53.5 Å². The zero-order chi connectivity index (χ0) is 17.1. The maximum atomic E-state index is 12.4. The van der Waals surface area contributed by atoms with E-state index in [1.54, 1.807) is 19.2 Å². The normalized spacial score (nSPS) is 11.9. The van der Waals surface area contributed by atoms with Gasteiger partial charge in [0.05, 0.1) is 5.69 Å². The maximum absolute atomic E-state index is 12.4. The molecule has 1 aromatic carbocycles. The number of aryl methyl sites for hydroxylation is 1. The molecule has 1 amide bonds. The Morgan fingerprint density at radius 3 is 2.62 bits per heavy atom. The first-order valence-electron chi connectivity index (χ1n) is 7.43. The molecule has 1 atom stereocenters. The molecule has 3 rings (SSSR count). The van der Waals surface area contributed by atoms with Crippen molar-refractivity contribution in [2.24, 2.45) is 0 Å². The first-order chi connectivity index (χ1) is 11.5. The van der Waals surface area contributed by atoms with E-state index in [2.05, 4.69) is 15.4 Å². The van der Waals surface area contributed by atoms with E-state index in [1.807, 2.05) is 37.3 Å². The van der Waals surface area contributed by atoms with Crippen LogP contribution in [0.1, 0.15) is 17.8 Å². The number of nitrogens with one attached hydrogen (secondary N) is 1. The fraction of sp³-hybridized carbons (Fsp3) is 0.176. The van der Waals surface area contributed by atoms with Crippen LogP contribution >= 0.6 is 11.3 Å². The summed E-state index contributed by atoms with van der Waals surface area (Å²) in [7, 11) is 0. The Labute approximate surface area is 142 Å². The molecule has 3 aromatic rings. The van der Waals surface area contributed by atoms with E-state index in [-0.39, 0.29) is 11.5 Å². The molecule has 0 aliphatic heterocycles. The van der Waals surface area contributed by atoms with Crippen LogP contribution in [0.25, 0.3) is 11.3 Å². The Balaban J connectivity index is 1.87. The first-order valence-corrected chi connectivity index (χ1v) is 8.25. The zero-order valence-electron chi connectivity index (χ0n) is 13.3. The Morgan fingerprint density at radius 2 is 1.96 bits per heavy atom. The van der Waals surface area contributed by atoms with E-state index in [0.717, 1.165) is 10.4 Å². The summed E-state index contributed by atoms with van der Waals surface area (Å²) in [6, 6.07) is 11.8. The van der Waals surface area contributed by atoms with Crippen LogP contribution in [0.3, 0.4) is 0 Å². The van der Waals surface area contributed by atoms with Crippen LogP contribution in [0.4, 0.5) is 5.13 Å². The van der Waals surface area contributed by atoms with Crippen molar-refractivity contribution < 1.29 is 4.79 Å². The lowest BCUT2D eigenvalue weighted by Crippen LogP contribution is -2.33. The van der Waals surface area contributed by atoms with Crippen molar-refractivity contribution >= 4 is 22.4 Å². The molecule has 0 radical (unpaired) electrons. The van der Waals surface area contributed by atoms with Crippen molar-refractivity contribution in [1.82, 2.24) is 14.8 Å². The molecule has 0 saturated heterocycles. The van der Waals surface area contributed by atoms with Crippen molar-refractivity contribution in [1.29, 1.82) is 0 Å². The Morgan fingerprint density at radius 1 is 1.21 bits per heavy atom. The van der Waals surface area contributed by atoms with Gasteiger partial charge in [-0.05, 0) is 19.9 Å². The molecular weight excluding hydrogens is 324 g/mol. The molecule has 1 unspecified atom stereocenters. The fourth-order valence-electron chi connectivity index (χ4n) is 2.20. The van der Waals surface area contributed by atoms with Gasteiger partial charge in [0.1, 0.15) is 6.04 Å². The van der Waals surface area contributed by atoms with Crippen molar-refractivity contribution in [2.45, 2.75) is 19.9 Å². The van der Waals surface area contributed by atoms with Gasteiger partial charge < -0.3 is 5.32 Å². The minimum Gasteiger partial charge on any atom is -0.300 e. The van der Waals surface area contributed by atoms with Gasteiger partial charge in [-0.25, -0.2) is 9.67 Å². The number of hydrogen-bond acceptors (Lipinski definition) is 5. The smallest absolute Gasteiger partial charge is 0.267 e. The number of anilines is 1. The summed E-state index contributed by atoms with van der Waals surface area (Å²) in [6.45, 7) is 3.55. The van der Waals surface area contributed by atoms with E-state index in [1.165, 1.54) is 22.1 Å². The van der Waals surface area contributed by atoms with Crippen LogP contribution in [-0.4, -0.2) is 20.7 Å². The quantitative estimate of drug-likeness (QED) is 0.792. The Hall–Kier alpha value is -2.80. The number of thiazole rings is 1. The van der Waals surface area contributed by atoms with Crippen LogP contribution in [0.2, 0.25) is 0 Å². The Bertz CT molecular complexity index is 918. The number of rotatable bonds is 4. The molecule has 122 valence electrons. The number of carbonyl (C=O) groups is 1. The third-order valence-electron chi connectivity index (χ3n) is 3.49. The van der Waals surface area contributed by atoms with Gasteiger partial charge in [-0.15, -0.1) is 11.3 Å². The predicted molar refractivity (Wildman–Crippen MR) is 94.1 cm³/mol. The van der Waals surface area contributed by atoms with Gasteiger partial charge in [-0.2, -0.15) is 5.10 Å². The third-order valence-corrected chi connectivity index (χ3v) is 4.32. The number of benzene rings is 1. The standard InChI is InChI=1S/C17H16N4O2S/c1-11-10-18-17(24-11)19-16(23)12(2)21-15(22)9-8-14(20-21)13-6-4-3-5-7-13/h3-10,12H,1-2H3,(H,18,19,23). The highest BCUT2D eigenvalue weighted by Crippen LogP contribution is 2.19. The van der Waals surface area contributed by atoms with Crippen molar-refractivity contribution in [3.05, 3.63) is 63.9 Å². The van der Waals surface area contributed by atoms with Gasteiger partial charge in [0.2, 0.25) is 0 Å². The summed E-state index contributed by atoms with van der Waals surface area (Å²) in [4.78, 5) is 29.6. The minimum atomic E-state index is -0.745. The van der Waals surface area contributed by atoms with Gasteiger partial charge in [-0.3, -0.25) is 9.59 Å². The molecule has 0 spiro atoms. The van der Waals surface area contributed by atoms with Gasteiger partial charge in [0.25, 0.3) is 11.5 Å². The van der Waals surface area contributed by atoms with E-state index in [4.69, 9.17) is 0 Å². The highest BCUT2D eigenvalue weighted by molar-refractivity contribution is 7.15. The topological polar surface area (TPSA) is 76.9 Å². The average Bonchev–Trinajstić information content (AvgIpc) is 3.00. The second-order valence-corrected chi connectivity index (χ2v) is 6.54. The highest BCUT2D eigenvalue weighted by Gasteiger charge is 2.19. The molecule has 2 aromatic heterocycles. The van der Waals surface area contributed by atoms with Crippen molar-refractivity contribution in [3.63, 3.8) is 0 Å². The molecule has 1 N–H and O–H groups in total. The molecule has 2 heterocycles. The number of nitrogens with zero attached hydrogens (tertiary/aromatic N) is 3. The molecule has 7 heteroatoms. The first kappa shape index (κ1) is 16.1. The van der Waals surface area contributed by atoms with Crippen LogP contribution in [0, 0.1) is 6.92 Å². The number of aromatic nitrogens is 3. The van der Waals surface area contributed by atoms with E-state index in [0.29, 0.717) is 10.8 Å². The van der Waals surface area contributed by atoms with Gasteiger partial charge in [0.15, 0.2) is 5.13 Å². The van der Waals surface area contributed by atoms with Crippen molar-refractivity contribution in [2.75, 3.05) is 5.32 Å². The molecular formula is C17H16N4O2S. The lowest BCUT2D eigenvalue weighted by atomic mass is 10.1. The molecule has 0 aliphatic rings. The maximum Gasteiger partial charge on any atom is 0.267 e. The van der Waals surface area contributed by atoms with Crippen LogP contribution in [0.5, 0.6) is 0 Å². The van der Waals surface area contributed by atoms with Crippen molar-refractivity contribution in [3.8, 4) is 11.3 Å². The fourth-order valence-corrected chi connectivity index (χ4v) is 2.87. The number of carbonyl (C=O) groups excluding carboxylic acids is 1. The highest BCUT2D eigenvalue weighted by atomic mass is 32.1.